The van der Waals surface area contributed by atoms with Gasteiger partial charge in [-0.25, -0.2) is 0 Å². The van der Waals surface area contributed by atoms with Crippen molar-refractivity contribution in [2.24, 2.45) is 5.73 Å². The molecule has 2 aromatic rings. The first-order valence-electron chi connectivity index (χ1n) is 5.60. The van der Waals surface area contributed by atoms with Crippen LogP contribution in [-0.2, 0) is 0 Å². The number of nitrogens with one attached hydrogen (secondary N) is 1. The van der Waals surface area contributed by atoms with Crippen LogP contribution in [-0.4, -0.2) is 16.6 Å². The van der Waals surface area contributed by atoms with E-state index in [1.165, 1.54) is 5.56 Å². The lowest BCUT2D eigenvalue weighted by Gasteiger charge is -2.09. The van der Waals surface area contributed by atoms with Crippen molar-refractivity contribution in [2.75, 3.05) is 6.54 Å². The summed E-state index contributed by atoms with van der Waals surface area (Å²) in [6, 6.07) is 6.22. The lowest BCUT2D eigenvalue weighted by atomic mass is 10.0. The number of aromatic amines is 1. The van der Waals surface area contributed by atoms with Gasteiger partial charge < -0.3 is 15.8 Å². The highest BCUT2D eigenvalue weighted by Crippen LogP contribution is 2.29. The van der Waals surface area contributed by atoms with Crippen molar-refractivity contribution in [3.63, 3.8) is 0 Å². The maximum absolute atomic E-state index is 10.1. The summed E-state index contributed by atoms with van der Waals surface area (Å²) in [5, 5.41) is 11.2. The van der Waals surface area contributed by atoms with Gasteiger partial charge in [0.25, 0.3) is 0 Å². The number of aryl methyl sites for hydroxylation is 2. The number of aromatic nitrogens is 1. The summed E-state index contributed by atoms with van der Waals surface area (Å²) >= 11 is 0. The van der Waals surface area contributed by atoms with E-state index in [4.69, 9.17) is 5.73 Å². The molecule has 0 fully saturated rings. The molecule has 86 valence electrons. The Morgan fingerprint density at radius 3 is 2.81 bits per heavy atom. The molecule has 1 aromatic heterocycles. The average Bonchev–Trinajstić information content (AvgIpc) is 2.53. The van der Waals surface area contributed by atoms with E-state index in [2.05, 4.69) is 30.1 Å². The molecular formula is C13H18N2O. The van der Waals surface area contributed by atoms with Crippen LogP contribution < -0.4 is 5.73 Å². The smallest absolute Gasteiger partial charge is 0.0825 e. The zero-order valence-corrected chi connectivity index (χ0v) is 9.75. The van der Waals surface area contributed by atoms with Gasteiger partial charge in [-0.2, -0.15) is 0 Å². The van der Waals surface area contributed by atoms with Gasteiger partial charge in [0, 0.05) is 22.2 Å². The summed E-state index contributed by atoms with van der Waals surface area (Å²) in [6.45, 7) is 4.55. The topological polar surface area (TPSA) is 62.0 Å². The van der Waals surface area contributed by atoms with E-state index >= 15 is 0 Å². The van der Waals surface area contributed by atoms with Gasteiger partial charge in [-0.3, -0.25) is 0 Å². The van der Waals surface area contributed by atoms with Crippen molar-refractivity contribution < 1.29 is 5.11 Å². The van der Waals surface area contributed by atoms with Gasteiger partial charge in [0.05, 0.1) is 6.10 Å². The molecule has 0 saturated heterocycles. The molecule has 1 atom stereocenters. The summed E-state index contributed by atoms with van der Waals surface area (Å²) in [6.07, 6.45) is 0.127. The average molecular weight is 218 g/mol. The summed E-state index contributed by atoms with van der Waals surface area (Å²) in [7, 11) is 0. The van der Waals surface area contributed by atoms with Crippen LogP contribution in [0.2, 0.25) is 0 Å². The summed E-state index contributed by atoms with van der Waals surface area (Å²) < 4.78 is 0. The molecule has 0 aliphatic rings. The van der Waals surface area contributed by atoms with Crippen molar-refractivity contribution in [1.82, 2.24) is 4.98 Å². The fourth-order valence-electron chi connectivity index (χ4n) is 2.19. The Morgan fingerprint density at radius 2 is 2.12 bits per heavy atom. The van der Waals surface area contributed by atoms with Gasteiger partial charge in [-0.1, -0.05) is 11.6 Å². The Bertz CT molecular complexity index is 502. The van der Waals surface area contributed by atoms with Gasteiger partial charge in [0.15, 0.2) is 0 Å². The monoisotopic (exact) mass is 218 g/mol. The first-order chi connectivity index (χ1) is 7.63. The number of aliphatic hydroxyl groups is 1. The van der Waals surface area contributed by atoms with Crippen molar-refractivity contribution >= 4 is 10.9 Å². The number of nitrogens with two attached hydrogens (primary N) is 1. The van der Waals surface area contributed by atoms with E-state index < -0.39 is 6.10 Å². The Hall–Kier alpha value is -1.32. The van der Waals surface area contributed by atoms with Crippen molar-refractivity contribution in [2.45, 2.75) is 26.4 Å². The van der Waals surface area contributed by atoms with Crippen LogP contribution in [0, 0.1) is 13.8 Å². The highest BCUT2D eigenvalue weighted by atomic mass is 16.3. The van der Waals surface area contributed by atoms with Crippen LogP contribution in [0.3, 0.4) is 0 Å². The zero-order chi connectivity index (χ0) is 11.7. The van der Waals surface area contributed by atoms with Crippen molar-refractivity contribution in [1.29, 1.82) is 0 Å². The molecule has 0 saturated carbocycles. The number of aliphatic hydroxyl groups excluding tert-OH is 1. The molecule has 0 aliphatic heterocycles. The minimum absolute atomic E-state index is 0.472. The van der Waals surface area contributed by atoms with E-state index in [1.807, 2.05) is 6.92 Å². The third-order valence-corrected chi connectivity index (χ3v) is 2.96. The Kier molecular flexibility index (Phi) is 2.99. The normalized spacial score (nSPS) is 13.2. The molecule has 3 heteroatoms. The van der Waals surface area contributed by atoms with Crippen molar-refractivity contribution in [3.05, 3.63) is 35.0 Å². The highest BCUT2D eigenvalue weighted by Gasteiger charge is 2.15. The van der Waals surface area contributed by atoms with Crippen LogP contribution >= 0.6 is 0 Å². The number of benzene rings is 1. The molecule has 16 heavy (non-hydrogen) atoms. The molecule has 0 amide bonds. The molecular weight excluding hydrogens is 200 g/mol. The second kappa shape index (κ2) is 4.28. The molecule has 0 spiro atoms. The summed E-state index contributed by atoms with van der Waals surface area (Å²) in [5.74, 6) is 0. The lowest BCUT2D eigenvalue weighted by molar-refractivity contribution is 0.171. The number of fused-ring (bicyclic) bond motifs is 1. The third-order valence-electron chi connectivity index (χ3n) is 2.96. The zero-order valence-electron chi connectivity index (χ0n) is 9.75. The van der Waals surface area contributed by atoms with Gasteiger partial charge in [0.1, 0.15) is 0 Å². The van der Waals surface area contributed by atoms with Crippen LogP contribution in [0.5, 0.6) is 0 Å². The van der Waals surface area contributed by atoms with Gasteiger partial charge >= 0.3 is 0 Å². The fourth-order valence-corrected chi connectivity index (χ4v) is 2.19. The molecule has 0 radical (unpaired) electrons. The second-order valence-corrected chi connectivity index (χ2v) is 4.31. The molecule has 2 rings (SSSR count). The Morgan fingerprint density at radius 1 is 1.38 bits per heavy atom. The van der Waals surface area contributed by atoms with Crippen molar-refractivity contribution in [3.8, 4) is 0 Å². The van der Waals surface area contributed by atoms with E-state index in [1.54, 1.807) is 0 Å². The van der Waals surface area contributed by atoms with Gasteiger partial charge in [-0.15, -0.1) is 0 Å². The fraction of sp³-hybridized carbons (Fsp3) is 0.385. The second-order valence-electron chi connectivity index (χ2n) is 4.31. The standard InChI is InChI=1S/C13H18N2O/c1-8-3-4-11-10(7-8)13(9(2)15-11)12(16)5-6-14/h3-4,7,12,15-16H,5-6,14H2,1-2H3. The van der Waals surface area contributed by atoms with Crippen LogP contribution in [0.15, 0.2) is 18.2 Å². The highest BCUT2D eigenvalue weighted by molar-refractivity contribution is 5.85. The van der Waals surface area contributed by atoms with Crippen LogP contribution in [0.1, 0.15) is 29.3 Å². The Balaban J connectivity index is 2.58. The first-order valence-corrected chi connectivity index (χ1v) is 5.60. The molecule has 4 N–H and O–H groups in total. The van der Waals surface area contributed by atoms with Crippen LogP contribution in [0.4, 0.5) is 0 Å². The van der Waals surface area contributed by atoms with E-state index in [-0.39, 0.29) is 0 Å². The maximum Gasteiger partial charge on any atom is 0.0825 e. The van der Waals surface area contributed by atoms with E-state index in [0.29, 0.717) is 13.0 Å². The van der Waals surface area contributed by atoms with Gasteiger partial charge in [-0.05, 0) is 38.9 Å². The number of hydrogen-bond donors (Lipinski definition) is 3. The molecule has 3 nitrogen and oxygen atoms in total. The van der Waals surface area contributed by atoms with E-state index in [0.717, 1.165) is 22.2 Å². The predicted molar refractivity (Wildman–Crippen MR) is 66.4 cm³/mol. The number of H-pyrrole nitrogens is 1. The largest absolute Gasteiger partial charge is 0.388 e. The molecule has 0 aliphatic carbocycles. The molecule has 1 heterocycles. The maximum atomic E-state index is 10.1. The SMILES string of the molecule is Cc1ccc2[nH]c(C)c(C(O)CCN)c2c1. The van der Waals surface area contributed by atoms with Gasteiger partial charge in [0.2, 0.25) is 0 Å². The third kappa shape index (κ3) is 1.84. The summed E-state index contributed by atoms with van der Waals surface area (Å²) in [4.78, 5) is 3.29. The first kappa shape index (κ1) is 11.2. The Labute approximate surface area is 95.3 Å². The van der Waals surface area contributed by atoms with E-state index in [9.17, 15) is 5.11 Å². The number of hydrogen-bond acceptors (Lipinski definition) is 2. The molecule has 1 unspecified atom stereocenters. The predicted octanol–water partition coefficient (Wildman–Crippen LogP) is 2.17. The quantitative estimate of drug-likeness (QED) is 0.739. The minimum Gasteiger partial charge on any atom is -0.388 e. The molecule has 1 aromatic carbocycles. The minimum atomic E-state index is -0.472. The molecule has 0 bridgehead atoms. The van der Waals surface area contributed by atoms with Crippen LogP contribution in [0.25, 0.3) is 10.9 Å². The number of rotatable bonds is 3. The summed E-state index contributed by atoms with van der Waals surface area (Å²) in [5.41, 5.74) is 9.79. The lowest BCUT2D eigenvalue weighted by Crippen LogP contribution is -2.07.